The zero-order chi connectivity index (χ0) is 14.3. The van der Waals surface area contributed by atoms with Gasteiger partial charge >= 0.3 is 0 Å². The molecule has 0 fully saturated rings. The number of fused-ring (bicyclic) bond motifs is 1. The largest absolute Gasteiger partial charge is 0.369 e. The van der Waals surface area contributed by atoms with Crippen LogP contribution in [0.1, 0.15) is 11.6 Å². The van der Waals surface area contributed by atoms with Crippen molar-refractivity contribution in [2.24, 2.45) is 0 Å². The average molecular weight is 372 g/mol. The van der Waals surface area contributed by atoms with E-state index in [2.05, 4.69) is 26.6 Å². The number of hydrogen-bond acceptors (Lipinski definition) is 2. The van der Waals surface area contributed by atoms with Crippen molar-refractivity contribution in [1.82, 2.24) is 0 Å². The Balaban J connectivity index is 2.00. The first-order valence-electron chi connectivity index (χ1n) is 5.88. The molecule has 0 spiro atoms. The number of rotatable bonds is 2. The molecule has 2 aromatic rings. The first kappa shape index (κ1) is 13.7. The van der Waals surface area contributed by atoms with Crippen LogP contribution < -0.4 is 10.6 Å². The van der Waals surface area contributed by atoms with Gasteiger partial charge in [0, 0.05) is 15.7 Å². The van der Waals surface area contributed by atoms with Crippen molar-refractivity contribution in [1.29, 1.82) is 0 Å². The molecule has 102 valence electrons. The minimum Gasteiger partial charge on any atom is -0.369 e. The van der Waals surface area contributed by atoms with Crippen LogP contribution in [0, 0.1) is 0 Å². The van der Waals surface area contributed by atoms with E-state index in [4.69, 9.17) is 23.2 Å². The second-order valence-electron chi connectivity index (χ2n) is 4.37. The molecule has 1 heterocycles. The smallest absolute Gasteiger partial charge is 0.251 e. The van der Waals surface area contributed by atoms with Gasteiger partial charge in [-0.05, 0) is 24.3 Å². The number of carbonyl (C=O) groups excluding carboxylic acids is 1. The van der Waals surface area contributed by atoms with E-state index in [-0.39, 0.29) is 5.91 Å². The van der Waals surface area contributed by atoms with Crippen LogP contribution in [0.4, 0.5) is 11.4 Å². The Labute approximate surface area is 134 Å². The molecule has 2 aromatic carbocycles. The number of nitrogens with one attached hydrogen (secondary N) is 2. The maximum Gasteiger partial charge on any atom is 0.251 e. The average Bonchev–Trinajstić information content (AvgIpc) is 2.73. The standard InChI is InChI=1S/C14H9BrCl2N2O/c15-7-3-1-5-9-11(7)13(14(20)19-9)18-10-6-2-4-8(16)12(10)17/h1-6,13,18H,(H,19,20). The van der Waals surface area contributed by atoms with Crippen molar-refractivity contribution in [2.45, 2.75) is 6.04 Å². The molecule has 6 heteroatoms. The number of hydrogen-bond donors (Lipinski definition) is 2. The van der Waals surface area contributed by atoms with Crippen LogP contribution in [0.5, 0.6) is 0 Å². The number of carbonyl (C=O) groups is 1. The molecule has 1 amide bonds. The van der Waals surface area contributed by atoms with Crippen LogP contribution in [0.2, 0.25) is 10.0 Å². The molecule has 0 bridgehead atoms. The van der Waals surface area contributed by atoms with Gasteiger partial charge < -0.3 is 10.6 Å². The quantitative estimate of drug-likeness (QED) is 0.791. The van der Waals surface area contributed by atoms with E-state index in [0.717, 1.165) is 15.7 Å². The van der Waals surface area contributed by atoms with Crippen LogP contribution in [-0.4, -0.2) is 5.91 Å². The Morgan fingerprint density at radius 2 is 1.90 bits per heavy atom. The van der Waals surface area contributed by atoms with Crippen molar-refractivity contribution < 1.29 is 4.79 Å². The highest BCUT2D eigenvalue weighted by Crippen LogP contribution is 2.40. The van der Waals surface area contributed by atoms with Crippen molar-refractivity contribution in [2.75, 3.05) is 10.6 Å². The predicted octanol–water partition coefficient (Wildman–Crippen LogP) is 4.86. The third-order valence-corrected chi connectivity index (χ3v) is 4.62. The fraction of sp³-hybridized carbons (Fsp3) is 0.0714. The van der Waals surface area contributed by atoms with Crippen molar-refractivity contribution in [3.8, 4) is 0 Å². The van der Waals surface area contributed by atoms with Gasteiger partial charge in [0.1, 0.15) is 6.04 Å². The van der Waals surface area contributed by atoms with E-state index < -0.39 is 6.04 Å². The first-order chi connectivity index (χ1) is 9.58. The van der Waals surface area contributed by atoms with Crippen LogP contribution in [-0.2, 0) is 4.79 Å². The summed E-state index contributed by atoms with van der Waals surface area (Å²) in [7, 11) is 0. The summed E-state index contributed by atoms with van der Waals surface area (Å²) in [5.41, 5.74) is 2.29. The maximum atomic E-state index is 12.1. The topological polar surface area (TPSA) is 41.1 Å². The highest BCUT2D eigenvalue weighted by atomic mass is 79.9. The second-order valence-corrected chi connectivity index (χ2v) is 6.01. The van der Waals surface area contributed by atoms with Gasteiger partial charge in [0.25, 0.3) is 5.91 Å². The van der Waals surface area contributed by atoms with E-state index in [1.165, 1.54) is 0 Å². The Morgan fingerprint density at radius 3 is 2.70 bits per heavy atom. The summed E-state index contributed by atoms with van der Waals surface area (Å²) in [5, 5.41) is 6.83. The summed E-state index contributed by atoms with van der Waals surface area (Å²) in [5.74, 6) is -0.122. The lowest BCUT2D eigenvalue weighted by atomic mass is 10.1. The molecule has 0 aromatic heterocycles. The van der Waals surface area contributed by atoms with Crippen LogP contribution in [0.3, 0.4) is 0 Å². The lowest BCUT2D eigenvalue weighted by Gasteiger charge is -2.15. The summed E-state index contributed by atoms with van der Waals surface area (Å²) in [6, 6.07) is 10.4. The summed E-state index contributed by atoms with van der Waals surface area (Å²) >= 11 is 15.6. The molecule has 3 nitrogen and oxygen atoms in total. The Kier molecular flexibility index (Phi) is 3.63. The Morgan fingerprint density at radius 1 is 1.15 bits per heavy atom. The van der Waals surface area contributed by atoms with Crippen molar-refractivity contribution in [3.05, 3.63) is 56.5 Å². The molecule has 20 heavy (non-hydrogen) atoms. The zero-order valence-corrected chi connectivity index (χ0v) is 13.2. The SMILES string of the molecule is O=C1Nc2cccc(Br)c2C1Nc1cccc(Cl)c1Cl. The van der Waals surface area contributed by atoms with Gasteiger partial charge in [-0.2, -0.15) is 0 Å². The summed E-state index contributed by atoms with van der Waals surface area (Å²) in [6.07, 6.45) is 0. The zero-order valence-electron chi connectivity index (χ0n) is 10.1. The van der Waals surface area contributed by atoms with Gasteiger partial charge in [0.05, 0.1) is 15.7 Å². The third-order valence-electron chi connectivity index (χ3n) is 3.11. The van der Waals surface area contributed by atoms with E-state index in [0.29, 0.717) is 15.7 Å². The predicted molar refractivity (Wildman–Crippen MR) is 85.6 cm³/mol. The molecule has 1 unspecified atom stereocenters. The van der Waals surface area contributed by atoms with Gasteiger partial charge in [0.2, 0.25) is 0 Å². The molecule has 1 aliphatic rings. The molecule has 0 saturated carbocycles. The van der Waals surface area contributed by atoms with E-state index in [1.807, 2.05) is 18.2 Å². The van der Waals surface area contributed by atoms with E-state index >= 15 is 0 Å². The first-order valence-corrected chi connectivity index (χ1v) is 7.42. The van der Waals surface area contributed by atoms with Gasteiger partial charge in [-0.15, -0.1) is 0 Å². The van der Waals surface area contributed by atoms with Gasteiger partial charge in [0.15, 0.2) is 0 Å². The Hall–Kier alpha value is -1.23. The normalized spacial score (nSPS) is 16.8. The van der Waals surface area contributed by atoms with Crippen LogP contribution in [0.15, 0.2) is 40.9 Å². The maximum absolute atomic E-state index is 12.1. The third kappa shape index (κ3) is 2.28. The highest BCUT2D eigenvalue weighted by Gasteiger charge is 2.32. The van der Waals surface area contributed by atoms with E-state index in [1.54, 1.807) is 18.2 Å². The molecule has 3 rings (SSSR count). The fourth-order valence-corrected chi connectivity index (χ4v) is 3.13. The fourth-order valence-electron chi connectivity index (χ4n) is 2.18. The minimum absolute atomic E-state index is 0.122. The summed E-state index contributed by atoms with van der Waals surface area (Å²) < 4.78 is 0.865. The molecular weight excluding hydrogens is 363 g/mol. The van der Waals surface area contributed by atoms with Crippen LogP contribution in [0.25, 0.3) is 0 Å². The molecule has 0 radical (unpaired) electrons. The van der Waals surface area contributed by atoms with Gasteiger partial charge in [-0.1, -0.05) is 51.3 Å². The second kappa shape index (κ2) is 5.28. The molecule has 1 atom stereocenters. The lowest BCUT2D eigenvalue weighted by Crippen LogP contribution is -2.20. The molecule has 2 N–H and O–H groups in total. The molecule has 0 saturated heterocycles. The van der Waals surface area contributed by atoms with Crippen molar-refractivity contribution >= 4 is 56.4 Å². The minimum atomic E-state index is -0.503. The van der Waals surface area contributed by atoms with Gasteiger partial charge in [-0.3, -0.25) is 4.79 Å². The molecular formula is C14H9BrCl2N2O. The lowest BCUT2D eigenvalue weighted by molar-refractivity contribution is -0.116. The molecule has 0 aliphatic carbocycles. The number of benzene rings is 2. The number of halogens is 3. The van der Waals surface area contributed by atoms with E-state index in [9.17, 15) is 4.79 Å². The number of anilines is 2. The molecule has 1 aliphatic heterocycles. The monoisotopic (exact) mass is 370 g/mol. The Bertz CT molecular complexity index is 706. The highest BCUT2D eigenvalue weighted by molar-refractivity contribution is 9.10. The summed E-state index contributed by atoms with van der Waals surface area (Å²) in [4.78, 5) is 12.1. The summed E-state index contributed by atoms with van der Waals surface area (Å²) in [6.45, 7) is 0. The van der Waals surface area contributed by atoms with Crippen LogP contribution >= 0.6 is 39.1 Å². The van der Waals surface area contributed by atoms with Crippen molar-refractivity contribution in [3.63, 3.8) is 0 Å². The van der Waals surface area contributed by atoms with Gasteiger partial charge in [-0.25, -0.2) is 0 Å². The number of amides is 1.